The Hall–Kier alpha value is -1.08. The van der Waals surface area contributed by atoms with E-state index in [4.69, 9.17) is 0 Å². The third-order valence-corrected chi connectivity index (χ3v) is 13.9. The molecule has 0 nitrogen and oxygen atoms in total. The molecule has 0 spiro atoms. The summed E-state index contributed by atoms with van der Waals surface area (Å²) in [4.78, 5) is 0. The average molecular weight is 325 g/mol. The first kappa shape index (κ1) is 16.8. The van der Waals surface area contributed by atoms with Gasteiger partial charge in [-0.3, -0.25) is 0 Å². The number of rotatable bonds is 4. The van der Waals surface area contributed by atoms with Crippen LogP contribution in [0.3, 0.4) is 0 Å². The molecule has 0 saturated heterocycles. The molecule has 0 N–H and O–H groups in total. The van der Waals surface area contributed by atoms with Crippen LogP contribution in [0.4, 0.5) is 0 Å². The lowest BCUT2D eigenvalue weighted by Gasteiger charge is -2.52. The van der Waals surface area contributed by atoms with Gasteiger partial charge in [0.15, 0.2) is 0 Å². The standard InChI is InChI=1S/C22H32Si/c1-7-18-19-13-9-11-17-12-10-14-21(22(17)19)23(15(3)4,16(5)6)20(18)8-2/h9-16,18,20H,7-8H2,1-6H3/t18-,20-/m0/s1. The predicted octanol–water partition coefficient (Wildman–Crippen LogP) is 6.60. The van der Waals surface area contributed by atoms with Crippen molar-refractivity contribution in [2.24, 2.45) is 0 Å². The third-order valence-electron chi connectivity index (χ3n) is 6.69. The molecule has 2 atom stereocenters. The highest BCUT2D eigenvalue weighted by Gasteiger charge is 2.53. The van der Waals surface area contributed by atoms with Gasteiger partial charge in [-0.2, -0.15) is 0 Å². The van der Waals surface area contributed by atoms with Gasteiger partial charge in [0.2, 0.25) is 0 Å². The normalized spacial score (nSPS) is 23.0. The molecule has 0 unspecified atom stereocenters. The van der Waals surface area contributed by atoms with Gasteiger partial charge in [-0.25, -0.2) is 0 Å². The molecule has 1 heterocycles. The van der Waals surface area contributed by atoms with Crippen molar-refractivity contribution in [2.75, 3.05) is 0 Å². The van der Waals surface area contributed by atoms with Gasteiger partial charge < -0.3 is 0 Å². The van der Waals surface area contributed by atoms with Gasteiger partial charge in [0, 0.05) is 0 Å². The minimum atomic E-state index is -1.60. The highest BCUT2D eigenvalue weighted by atomic mass is 28.3. The van der Waals surface area contributed by atoms with Gasteiger partial charge in [0.25, 0.3) is 0 Å². The lowest BCUT2D eigenvalue weighted by atomic mass is 9.87. The van der Waals surface area contributed by atoms with Crippen LogP contribution in [-0.2, 0) is 0 Å². The second-order valence-electron chi connectivity index (χ2n) is 8.02. The monoisotopic (exact) mass is 324 g/mol. The minimum Gasteiger partial charge on any atom is -0.0654 e. The summed E-state index contributed by atoms with van der Waals surface area (Å²) in [5.74, 6) is 0.745. The molecule has 2 aromatic carbocycles. The number of benzene rings is 2. The molecule has 1 heteroatoms. The first-order chi connectivity index (χ1) is 11.0. The fraction of sp³-hybridized carbons (Fsp3) is 0.545. The van der Waals surface area contributed by atoms with E-state index in [0.717, 1.165) is 22.5 Å². The Kier molecular flexibility index (Phi) is 4.44. The van der Waals surface area contributed by atoms with Gasteiger partial charge in [-0.1, -0.05) is 89.5 Å². The molecule has 2 aromatic rings. The van der Waals surface area contributed by atoms with E-state index in [0.29, 0.717) is 0 Å². The molecule has 1 aliphatic heterocycles. The summed E-state index contributed by atoms with van der Waals surface area (Å²) >= 11 is 0. The first-order valence-electron chi connectivity index (χ1n) is 9.52. The molecule has 0 amide bonds. The maximum Gasteiger partial charge on any atom is 0.0962 e. The van der Waals surface area contributed by atoms with E-state index in [1.165, 1.54) is 18.2 Å². The SMILES string of the molecule is CC[C@H]1c2cccc3cccc(c23)[Si](C(C)C)(C(C)C)[C@H]1CC. The molecule has 0 radical (unpaired) electrons. The molecule has 0 aromatic heterocycles. The average Bonchev–Trinajstić information content (AvgIpc) is 2.54. The molecule has 0 fully saturated rings. The van der Waals surface area contributed by atoms with Crippen LogP contribution < -0.4 is 5.19 Å². The zero-order valence-corrected chi connectivity index (χ0v) is 16.7. The highest BCUT2D eigenvalue weighted by molar-refractivity contribution is 6.97. The molecule has 23 heavy (non-hydrogen) atoms. The van der Waals surface area contributed by atoms with E-state index in [-0.39, 0.29) is 0 Å². The van der Waals surface area contributed by atoms with Crippen molar-refractivity contribution in [3.8, 4) is 0 Å². The molecule has 1 aliphatic rings. The van der Waals surface area contributed by atoms with Gasteiger partial charge >= 0.3 is 0 Å². The molecule has 0 saturated carbocycles. The summed E-state index contributed by atoms with van der Waals surface area (Å²) in [5.41, 5.74) is 4.09. The maximum absolute atomic E-state index is 2.51. The second-order valence-corrected chi connectivity index (χ2v) is 13.5. The van der Waals surface area contributed by atoms with Crippen molar-refractivity contribution in [1.29, 1.82) is 0 Å². The molecule has 0 bridgehead atoms. The van der Waals surface area contributed by atoms with Crippen molar-refractivity contribution < 1.29 is 0 Å². The molecular formula is C22H32Si. The predicted molar refractivity (Wildman–Crippen MR) is 107 cm³/mol. The Morgan fingerprint density at radius 3 is 2.00 bits per heavy atom. The quantitative estimate of drug-likeness (QED) is 0.555. The molecule has 3 rings (SSSR count). The topological polar surface area (TPSA) is 0 Å². The Labute approximate surface area is 143 Å². The summed E-state index contributed by atoms with van der Waals surface area (Å²) in [6, 6.07) is 14.1. The fourth-order valence-corrected chi connectivity index (χ4v) is 13.6. The highest BCUT2D eigenvalue weighted by Crippen LogP contribution is 2.55. The van der Waals surface area contributed by atoms with Crippen LogP contribution in [0.15, 0.2) is 36.4 Å². The van der Waals surface area contributed by atoms with Crippen LogP contribution in [0, 0.1) is 0 Å². The van der Waals surface area contributed by atoms with Crippen LogP contribution in [0.1, 0.15) is 65.9 Å². The number of hydrogen-bond donors (Lipinski definition) is 0. The van der Waals surface area contributed by atoms with Crippen LogP contribution in [-0.4, -0.2) is 8.07 Å². The Morgan fingerprint density at radius 1 is 0.870 bits per heavy atom. The van der Waals surface area contributed by atoms with Crippen molar-refractivity contribution >= 4 is 24.0 Å². The van der Waals surface area contributed by atoms with Gasteiger partial charge in [0.05, 0.1) is 8.07 Å². The number of hydrogen-bond acceptors (Lipinski definition) is 0. The second kappa shape index (κ2) is 6.09. The van der Waals surface area contributed by atoms with Crippen molar-refractivity contribution in [2.45, 2.75) is 76.9 Å². The summed E-state index contributed by atoms with van der Waals surface area (Å²) in [5, 5.41) is 4.85. The Morgan fingerprint density at radius 2 is 1.48 bits per heavy atom. The Bertz CT molecular complexity index is 685. The van der Waals surface area contributed by atoms with Crippen LogP contribution in [0.2, 0.25) is 16.6 Å². The largest absolute Gasteiger partial charge is 0.0962 e. The smallest absolute Gasteiger partial charge is 0.0654 e. The van der Waals surface area contributed by atoms with Gasteiger partial charge in [-0.05, 0) is 45.3 Å². The van der Waals surface area contributed by atoms with E-state index < -0.39 is 8.07 Å². The lowest BCUT2D eigenvalue weighted by Crippen LogP contribution is -2.60. The zero-order chi connectivity index (χ0) is 16.8. The van der Waals surface area contributed by atoms with Crippen molar-refractivity contribution in [3.63, 3.8) is 0 Å². The third kappa shape index (κ3) is 2.16. The van der Waals surface area contributed by atoms with Crippen LogP contribution >= 0.6 is 0 Å². The summed E-state index contributed by atoms with van der Waals surface area (Å²) in [6.45, 7) is 14.9. The summed E-state index contributed by atoms with van der Waals surface area (Å²) in [6.07, 6.45) is 2.60. The van der Waals surface area contributed by atoms with Crippen LogP contribution in [0.25, 0.3) is 10.8 Å². The van der Waals surface area contributed by atoms with E-state index in [9.17, 15) is 0 Å². The zero-order valence-electron chi connectivity index (χ0n) is 15.7. The van der Waals surface area contributed by atoms with Gasteiger partial charge in [0.1, 0.15) is 0 Å². The fourth-order valence-electron chi connectivity index (χ4n) is 6.06. The maximum atomic E-state index is 2.51. The lowest BCUT2D eigenvalue weighted by molar-refractivity contribution is 0.561. The van der Waals surface area contributed by atoms with Gasteiger partial charge in [-0.15, -0.1) is 0 Å². The van der Waals surface area contributed by atoms with Crippen molar-refractivity contribution in [3.05, 3.63) is 42.0 Å². The molecule has 124 valence electrons. The molecule has 0 aliphatic carbocycles. The van der Waals surface area contributed by atoms with E-state index in [2.05, 4.69) is 77.9 Å². The van der Waals surface area contributed by atoms with E-state index in [1.807, 2.05) is 0 Å². The Balaban J connectivity index is 2.47. The van der Waals surface area contributed by atoms with E-state index in [1.54, 1.807) is 16.1 Å². The first-order valence-corrected chi connectivity index (χ1v) is 11.7. The van der Waals surface area contributed by atoms with Crippen molar-refractivity contribution in [1.82, 2.24) is 0 Å². The minimum absolute atomic E-state index is 0.745. The summed E-state index contributed by atoms with van der Waals surface area (Å²) in [7, 11) is -1.60. The molecular weight excluding hydrogens is 292 g/mol. The van der Waals surface area contributed by atoms with Crippen LogP contribution in [0.5, 0.6) is 0 Å². The summed E-state index contributed by atoms with van der Waals surface area (Å²) < 4.78 is 0. The van der Waals surface area contributed by atoms with E-state index >= 15 is 0 Å².